The summed E-state index contributed by atoms with van der Waals surface area (Å²) in [5, 5.41) is 3.70. The molecule has 3 heteroatoms. The summed E-state index contributed by atoms with van der Waals surface area (Å²) in [6, 6.07) is 13.7. The zero-order chi connectivity index (χ0) is 14.7. The van der Waals surface area contributed by atoms with Crippen LogP contribution in [0, 0.1) is 5.92 Å². The molecule has 1 heterocycles. The highest BCUT2D eigenvalue weighted by atomic mass is 35.5. The Balaban J connectivity index is 1.72. The molecule has 0 saturated carbocycles. The minimum absolute atomic E-state index is 0.554. The Hall–Kier alpha value is -0.830. The number of halogens is 1. The molecule has 2 atom stereocenters. The first kappa shape index (κ1) is 15.1. The largest absolute Gasteiger partial charge is 0.314 e. The van der Waals surface area contributed by atoms with E-state index in [1.807, 2.05) is 6.07 Å². The quantitative estimate of drug-likeness (QED) is 0.840. The van der Waals surface area contributed by atoms with E-state index in [4.69, 9.17) is 11.6 Å². The van der Waals surface area contributed by atoms with E-state index in [2.05, 4.69) is 42.6 Å². The van der Waals surface area contributed by atoms with Crippen LogP contribution in [0.1, 0.15) is 29.3 Å². The van der Waals surface area contributed by atoms with Gasteiger partial charge in [0.25, 0.3) is 0 Å². The number of aryl methyl sites for hydroxylation is 1. The van der Waals surface area contributed by atoms with E-state index in [1.54, 1.807) is 22.5 Å². The van der Waals surface area contributed by atoms with Gasteiger partial charge in [-0.25, -0.2) is 0 Å². The summed E-state index contributed by atoms with van der Waals surface area (Å²) in [6.45, 7) is 3.23. The molecule has 2 unspecified atom stereocenters. The van der Waals surface area contributed by atoms with Crippen LogP contribution in [-0.2, 0) is 19.3 Å². The van der Waals surface area contributed by atoms with Crippen LogP contribution in [0.25, 0.3) is 0 Å². The fourth-order valence-corrected chi connectivity index (χ4v) is 4.56. The van der Waals surface area contributed by atoms with Crippen molar-refractivity contribution in [2.45, 2.75) is 38.6 Å². The fourth-order valence-electron chi connectivity index (χ4n) is 3.42. The monoisotopic (exact) mass is 319 g/mol. The third-order valence-corrected chi connectivity index (χ3v) is 5.72. The predicted molar refractivity (Wildman–Crippen MR) is 92.5 cm³/mol. The number of hydrogen-bond donors (Lipinski definition) is 1. The van der Waals surface area contributed by atoms with E-state index < -0.39 is 0 Å². The molecule has 3 rings (SSSR count). The Bertz CT molecular complexity index is 592. The van der Waals surface area contributed by atoms with Gasteiger partial charge in [0, 0.05) is 10.9 Å². The Morgan fingerprint density at radius 2 is 2.05 bits per heavy atom. The number of rotatable bonds is 5. The van der Waals surface area contributed by atoms with Gasteiger partial charge in [-0.05, 0) is 61.4 Å². The molecule has 0 fully saturated rings. The molecule has 1 aliphatic carbocycles. The summed E-state index contributed by atoms with van der Waals surface area (Å²) >= 11 is 7.79. The molecule has 1 aromatic carbocycles. The van der Waals surface area contributed by atoms with Crippen molar-refractivity contribution >= 4 is 22.9 Å². The van der Waals surface area contributed by atoms with Crippen molar-refractivity contribution in [2.24, 2.45) is 5.92 Å². The van der Waals surface area contributed by atoms with Gasteiger partial charge in [-0.1, -0.05) is 42.8 Å². The molecule has 1 aliphatic rings. The van der Waals surface area contributed by atoms with Crippen LogP contribution < -0.4 is 5.32 Å². The van der Waals surface area contributed by atoms with Crippen LogP contribution in [0.2, 0.25) is 4.34 Å². The van der Waals surface area contributed by atoms with Crippen LogP contribution in [0.15, 0.2) is 36.4 Å². The zero-order valence-electron chi connectivity index (χ0n) is 12.4. The average molecular weight is 320 g/mol. The number of fused-ring (bicyclic) bond motifs is 1. The van der Waals surface area contributed by atoms with Crippen molar-refractivity contribution in [3.05, 3.63) is 56.7 Å². The van der Waals surface area contributed by atoms with Crippen molar-refractivity contribution in [2.75, 3.05) is 6.54 Å². The number of hydrogen-bond acceptors (Lipinski definition) is 2. The van der Waals surface area contributed by atoms with Gasteiger partial charge < -0.3 is 5.32 Å². The molecule has 0 saturated heterocycles. The fraction of sp³-hybridized carbons (Fsp3) is 0.444. The maximum absolute atomic E-state index is 6.07. The zero-order valence-corrected chi connectivity index (χ0v) is 14.0. The Morgan fingerprint density at radius 3 is 2.76 bits per heavy atom. The molecule has 1 aromatic heterocycles. The highest BCUT2D eigenvalue weighted by molar-refractivity contribution is 7.16. The molecule has 0 spiro atoms. The minimum atomic E-state index is 0.554. The number of nitrogens with one attached hydrogen (secondary N) is 1. The van der Waals surface area contributed by atoms with Crippen LogP contribution in [0.5, 0.6) is 0 Å². The van der Waals surface area contributed by atoms with E-state index in [0.29, 0.717) is 6.04 Å². The summed E-state index contributed by atoms with van der Waals surface area (Å²) in [4.78, 5) is 1.39. The summed E-state index contributed by atoms with van der Waals surface area (Å²) < 4.78 is 0.897. The summed E-state index contributed by atoms with van der Waals surface area (Å²) in [5.74, 6) is 0.723. The number of benzene rings is 1. The van der Waals surface area contributed by atoms with Crippen molar-refractivity contribution < 1.29 is 0 Å². The van der Waals surface area contributed by atoms with Crippen LogP contribution >= 0.6 is 22.9 Å². The van der Waals surface area contributed by atoms with Crippen LogP contribution in [0.4, 0.5) is 0 Å². The SMILES string of the molecule is CCNC(Cc1ccc(Cl)s1)C1CCc2ccccc2C1. The molecule has 2 aromatic rings. The van der Waals surface area contributed by atoms with E-state index in [1.165, 1.54) is 24.1 Å². The highest BCUT2D eigenvalue weighted by Gasteiger charge is 2.26. The van der Waals surface area contributed by atoms with Gasteiger partial charge in [-0.15, -0.1) is 11.3 Å². The first-order valence-corrected chi connectivity index (χ1v) is 9.00. The van der Waals surface area contributed by atoms with Crippen molar-refractivity contribution in [1.82, 2.24) is 5.32 Å². The Labute approximate surface area is 136 Å². The molecule has 0 amide bonds. The topological polar surface area (TPSA) is 12.0 Å². The van der Waals surface area contributed by atoms with E-state index in [0.717, 1.165) is 23.2 Å². The standard InChI is InChI=1S/C18H22ClNS/c1-2-20-17(12-16-9-10-18(19)21-16)15-8-7-13-5-3-4-6-14(13)11-15/h3-6,9-10,15,17,20H,2,7-8,11-12H2,1H3. The Kier molecular flexibility index (Phi) is 4.99. The third kappa shape index (κ3) is 3.68. The van der Waals surface area contributed by atoms with E-state index >= 15 is 0 Å². The average Bonchev–Trinajstić information content (AvgIpc) is 2.91. The lowest BCUT2D eigenvalue weighted by Gasteiger charge is -2.32. The maximum atomic E-state index is 6.07. The normalized spacial score (nSPS) is 19.2. The number of likely N-dealkylation sites (N-methyl/N-ethyl adjacent to an activating group) is 1. The summed E-state index contributed by atoms with van der Waals surface area (Å²) in [7, 11) is 0. The molecule has 1 N–H and O–H groups in total. The third-order valence-electron chi connectivity index (χ3n) is 4.47. The first-order valence-electron chi connectivity index (χ1n) is 7.80. The smallest absolute Gasteiger partial charge is 0.0931 e. The van der Waals surface area contributed by atoms with Gasteiger partial charge in [-0.2, -0.15) is 0 Å². The molecule has 112 valence electrons. The highest BCUT2D eigenvalue weighted by Crippen LogP contribution is 2.30. The van der Waals surface area contributed by atoms with Gasteiger partial charge in [0.05, 0.1) is 4.34 Å². The van der Waals surface area contributed by atoms with Gasteiger partial charge in [0.2, 0.25) is 0 Å². The number of thiophene rings is 1. The second-order valence-corrected chi connectivity index (χ2v) is 7.65. The molecule has 0 bridgehead atoms. The predicted octanol–water partition coefficient (Wildman–Crippen LogP) is 4.73. The van der Waals surface area contributed by atoms with Crippen LogP contribution in [-0.4, -0.2) is 12.6 Å². The molecule has 0 radical (unpaired) electrons. The van der Waals surface area contributed by atoms with Gasteiger partial charge >= 0.3 is 0 Å². The lowest BCUT2D eigenvalue weighted by atomic mass is 9.79. The summed E-state index contributed by atoms with van der Waals surface area (Å²) in [5.41, 5.74) is 3.09. The van der Waals surface area contributed by atoms with Crippen molar-refractivity contribution in [3.63, 3.8) is 0 Å². The lowest BCUT2D eigenvalue weighted by Crippen LogP contribution is -2.40. The minimum Gasteiger partial charge on any atom is -0.314 e. The second-order valence-electron chi connectivity index (χ2n) is 5.85. The molecule has 0 aliphatic heterocycles. The molecule has 1 nitrogen and oxygen atoms in total. The van der Waals surface area contributed by atoms with Gasteiger partial charge in [0.15, 0.2) is 0 Å². The van der Waals surface area contributed by atoms with E-state index in [-0.39, 0.29) is 0 Å². The summed E-state index contributed by atoms with van der Waals surface area (Å²) in [6.07, 6.45) is 4.80. The van der Waals surface area contributed by atoms with Gasteiger partial charge in [-0.3, -0.25) is 0 Å². The molecule has 21 heavy (non-hydrogen) atoms. The molecular formula is C18H22ClNS. The van der Waals surface area contributed by atoms with Gasteiger partial charge in [0.1, 0.15) is 0 Å². The lowest BCUT2D eigenvalue weighted by molar-refractivity contribution is 0.323. The molecular weight excluding hydrogens is 298 g/mol. The maximum Gasteiger partial charge on any atom is 0.0931 e. The van der Waals surface area contributed by atoms with E-state index in [9.17, 15) is 0 Å². The van der Waals surface area contributed by atoms with Crippen molar-refractivity contribution in [3.8, 4) is 0 Å². The second kappa shape index (κ2) is 6.95. The Morgan fingerprint density at radius 1 is 1.24 bits per heavy atom. The van der Waals surface area contributed by atoms with Crippen molar-refractivity contribution in [1.29, 1.82) is 0 Å². The first-order chi connectivity index (χ1) is 10.3. The van der Waals surface area contributed by atoms with Crippen LogP contribution in [0.3, 0.4) is 0 Å².